The molecular weight excluding hydrogens is 288 g/mol. The summed E-state index contributed by atoms with van der Waals surface area (Å²) in [5.41, 5.74) is 2.04. The average Bonchev–Trinajstić information content (AvgIpc) is 2.32. The molecule has 0 amide bonds. The molecule has 0 fully saturated rings. The molecule has 0 unspecified atom stereocenters. The minimum atomic E-state index is 0.712. The van der Waals surface area contributed by atoms with Crippen molar-refractivity contribution in [3.63, 3.8) is 0 Å². The van der Waals surface area contributed by atoms with Crippen molar-refractivity contribution in [3.05, 3.63) is 57.8 Å². The predicted octanol–water partition coefficient (Wildman–Crippen LogP) is 4.11. The number of aromatic nitrogens is 1. The molecule has 1 aromatic carbocycles. The van der Waals surface area contributed by atoms with Gasteiger partial charge in [-0.25, -0.2) is 0 Å². The first-order valence-corrected chi connectivity index (χ1v) is 6.00. The fourth-order valence-corrected chi connectivity index (χ4v) is 1.88. The minimum Gasteiger partial charge on any atom is -0.380 e. The van der Waals surface area contributed by atoms with Gasteiger partial charge >= 0.3 is 0 Å². The van der Waals surface area contributed by atoms with Crippen molar-refractivity contribution < 1.29 is 0 Å². The molecule has 4 heteroatoms. The number of benzene rings is 1. The summed E-state index contributed by atoms with van der Waals surface area (Å²) in [5, 5.41) is 3.98. The molecule has 0 aliphatic carbocycles. The molecule has 0 atom stereocenters. The first-order chi connectivity index (χ1) is 7.75. The van der Waals surface area contributed by atoms with Crippen molar-refractivity contribution in [2.45, 2.75) is 6.54 Å². The van der Waals surface area contributed by atoms with Crippen molar-refractivity contribution in [1.82, 2.24) is 4.98 Å². The zero-order valence-corrected chi connectivity index (χ0v) is 10.8. The molecule has 2 rings (SSSR count). The highest BCUT2D eigenvalue weighted by Crippen LogP contribution is 2.25. The first kappa shape index (κ1) is 11.4. The summed E-state index contributed by atoms with van der Waals surface area (Å²) in [7, 11) is 0. The number of halogens is 2. The van der Waals surface area contributed by atoms with Gasteiger partial charge in [0.1, 0.15) is 0 Å². The molecule has 0 saturated carbocycles. The van der Waals surface area contributed by atoms with Crippen LogP contribution in [0, 0.1) is 0 Å². The quantitative estimate of drug-likeness (QED) is 0.922. The van der Waals surface area contributed by atoms with Crippen molar-refractivity contribution in [2.75, 3.05) is 5.32 Å². The Balaban J connectivity index is 2.08. The molecule has 1 heterocycles. The van der Waals surface area contributed by atoms with Crippen molar-refractivity contribution in [3.8, 4) is 0 Å². The van der Waals surface area contributed by atoms with Crippen LogP contribution in [0.4, 0.5) is 5.69 Å². The van der Waals surface area contributed by atoms with Gasteiger partial charge in [0.2, 0.25) is 0 Å². The lowest BCUT2D eigenvalue weighted by atomic mass is 10.2. The number of rotatable bonds is 3. The van der Waals surface area contributed by atoms with Crippen LogP contribution in [0.5, 0.6) is 0 Å². The van der Waals surface area contributed by atoms with Gasteiger partial charge in [0.05, 0.1) is 10.7 Å². The maximum atomic E-state index is 6.06. The summed E-state index contributed by atoms with van der Waals surface area (Å²) in [6.07, 6.45) is 3.59. The van der Waals surface area contributed by atoms with Gasteiger partial charge < -0.3 is 5.32 Å². The monoisotopic (exact) mass is 296 g/mol. The minimum absolute atomic E-state index is 0.712. The molecular formula is C12H10BrClN2. The van der Waals surface area contributed by atoms with E-state index in [1.807, 2.05) is 36.5 Å². The third kappa shape index (κ3) is 2.97. The van der Waals surface area contributed by atoms with E-state index in [0.29, 0.717) is 11.6 Å². The van der Waals surface area contributed by atoms with Gasteiger partial charge in [0, 0.05) is 23.4 Å². The predicted molar refractivity (Wildman–Crippen MR) is 70.7 cm³/mol. The molecule has 16 heavy (non-hydrogen) atoms. The first-order valence-electron chi connectivity index (χ1n) is 4.83. The van der Waals surface area contributed by atoms with Crippen LogP contribution >= 0.6 is 27.5 Å². The normalized spacial score (nSPS) is 10.1. The fourth-order valence-electron chi connectivity index (χ4n) is 1.33. The second-order valence-corrected chi connectivity index (χ2v) is 4.66. The van der Waals surface area contributed by atoms with Crippen LogP contribution in [-0.4, -0.2) is 4.98 Å². The van der Waals surface area contributed by atoms with E-state index < -0.39 is 0 Å². The van der Waals surface area contributed by atoms with Gasteiger partial charge in [-0.1, -0.05) is 33.6 Å². The Morgan fingerprint density at radius 2 is 2.19 bits per heavy atom. The summed E-state index contributed by atoms with van der Waals surface area (Å²) in [6.45, 7) is 0.712. The molecule has 0 bridgehead atoms. The summed E-state index contributed by atoms with van der Waals surface area (Å²) in [6, 6.07) is 9.67. The SMILES string of the molecule is Clc1ccc(Br)cc1NCc1cccnc1. The van der Waals surface area contributed by atoms with Crippen LogP contribution in [0.2, 0.25) is 5.02 Å². The third-order valence-corrected chi connectivity index (χ3v) is 2.96. The summed E-state index contributed by atoms with van der Waals surface area (Å²) < 4.78 is 1.01. The molecule has 82 valence electrons. The number of pyridine rings is 1. The Bertz CT molecular complexity index is 474. The van der Waals surface area contributed by atoms with E-state index in [1.54, 1.807) is 6.20 Å². The molecule has 2 nitrogen and oxygen atoms in total. The molecule has 0 saturated heterocycles. The molecule has 0 aliphatic rings. The van der Waals surface area contributed by atoms with Crippen LogP contribution in [0.15, 0.2) is 47.2 Å². The second-order valence-electron chi connectivity index (χ2n) is 3.34. The molecule has 0 spiro atoms. The van der Waals surface area contributed by atoms with E-state index in [2.05, 4.69) is 26.2 Å². The summed E-state index contributed by atoms with van der Waals surface area (Å²) in [4.78, 5) is 4.05. The van der Waals surface area contributed by atoms with E-state index in [1.165, 1.54) is 0 Å². The number of hydrogen-bond acceptors (Lipinski definition) is 2. The van der Waals surface area contributed by atoms with E-state index in [9.17, 15) is 0 Å². The molecule has 1 aromatic heterocycles. The highest BCUT2D eigenvalue weighted by Gasteiger charge is 2.00. The Hall–Kier alpha value is -1.06. The van der Waals surface area contributed by atoms with E-state index in [0.717, 1.165) is 15.7 Å². The van der Waals surface area contributed by atoms with Gasteiger partial charge in [-0.2, -0.15) is 0 Å². The van der Waals surface area contributed by atoms with Crippen LogP contribution < -0.4 is 5.32 Å². The maximum Gasteiger partial charge on any atom is 0.0638 e. The molecule has 1 N–H and O–H groups in total. The van der Waals surface area contributed by atoms with Crippen LogP contribution in [-0.2, 0) is 6.54 Å². The summed E-state index contributed by atoms with van der Waals surface area (Å²) in [5.74, 6) is 0. The van der Waals surface area contributed by atoms with Crippen molar-refractivity contribution in [1.29, 1.82) is 0 Å². The molecule has 0 radical (unpaired) electrons. The Morgan fingerprint density at radius 1 is 1.31 bits per heavy atom. The van der Waals surface area contributed by atoms with Gasteiger partial charge in [0.15, 0.2) is 0 Å². The maximum absolute atomic E-state index is 6.06. The Kier molecular flexibility index (Phi) is 3.80. The number of hydrogen-bond donors (Lipinski definition) is 1. The Labute approximate surface area is 108 Å². The van der Waals surface area contributed by atoms with Gasteiger partial charge in [-0.05, 0) is 29.8 Å². The van der Waals surface area contributed by atoms with E-state index in [4.69, 9.17) is 11.6 Å². The van der Waals surface area contributed by atoms with Crippen molar-refractivity contribution in [2.24, 2.45) is 0 Å². The largest absolute Gasteiger partial charge is 0.380 e. The fraction of sp³-hybridized carbons (Fsp3) is 0.0833. The number of nitrogens with zero attached hydrogens (tertiary/aromatic N) is 1. The highest BCUT2D eigenvalue weighted by atomic mass is 79.9. The standard InChI is InChI=1S/C12H10BrClN2/c13-10-3-4-11(14)12(6-10)16-8-9-2-1-5-15-7-9/h1-7,16H,8H2. The lowest BCUT2D eigenvalue weighted by Crippen LogP contribution is -2.00. The van der Waals surface area contributed by atoms with Gasteiger partial charge in [-0.15, -0.1) is 0 Å². The number of nitrogens with one attached hydrogen (secondary N) is 1. The molecule has 2 aromatic rings. The van der Waals surface area contributed by atoms with E-state index in [-0.39, 0.29) is 0 Å². The van der Waals surface area contributed by atoms with Gasteiger partial charge in [0.25, 0.3) is 0 Å². The average molecular weight is 298 g/mol. The Morgan fingerprint density at radius 3 is 2.94 bits per heavy atom. The van der Waals surface area contributed by atoms with Crippen molar-refractivity contribution >= 4 is 33.2 Å². The number of anilines is 1. The lowest BCUT2D eigenvalue weighted by molar-refractivity contribution is 1.11. The lowest BCUT2D eigenvalue weighted by Gasteiger charge is -2.08. The van der Waals surface area contributed by atoms with Crippen LogP contribution in [0.25, 0.3) is 0 Å². The summed E-state index contributed by atoms with van der Waals surface area (Å²) >= 11 is 9.48. The smallest absolute Gasteiger partial charge is 0.0638 e. The van der Waals surface area contributed by atoms with E-state index >= 15 is 0 Å². The molecule has 0 aliphatic heterocycles. The van der Waals surface area contributed by atoms with Crippen LogP contribution in [0.1, 0.15) is 5.56 Å². The highest BCUT2D eigenvalue weighted by molar-refractivity contribution is 9.10. The zero-order chi connectivity index (χ0) is 11.4. The second kappa shape index (κ2) is 5.32. The third-order valence-electron chi connectivity index (χ3n) is 2.13. The van der Waals surface area contributed by atoms with Gasteiger partial charge in [-0.3, -0.25) is 4.98 Å². The topological polar surface area (TPSA) is 24.9 Å². The zero-order valence-electron chi connectivity index (χ0n) is 8.45. The van der Waals surface area contributed by atoms with Crippen LogP contribution in [0.3, 0.4) is 0 Å².